The zero-order chi connectivity index (χ0) is 23.8. The fraction of sp³-hybridized carbons (Fsp3) is 0.292. The Kier molecular flexibility index (Phi) is 9.34. The van der Waals surface area contributed by atoms with Gasteiger partial charge in [-0.05, 0) is 47.9 Å². The Labute approximate surface area is 211 Å². The van der Waals surface area contributed by atoms with E-state index in [2.05, 4.69) is 15.9 Å². The first kappa shape index (κ1) is 25.3. The number of rotatable bonds is 10. The molecule has 0 aliphatic carbocycles. The number of thiocarbonyl (C=S) groups is 1. The fourth-order valence-corrected chi connectivity index (χ4v) is 4.54. The van der Waals surface area contributed by atoms with Crippen molar-refractivity contribution in [2.24, 2.45) is 0 Å². The number of carbonyl (C=O) groups is 2. The molecule has 1 heterocycles. The van der Waals surface area contributed by atoms with Crippen LogP contribution in [0.5, 0.6) is 11.5 Å². The van der Waals surface area contributed by atoms with Gasteiger partial charge >= 0.3 is 5.97 Å². The molecule has 1 fully saturated rings. The number of halogens is 1. The molecule has 174 valence electrons. The van der Waals surface area contributed by atoms with E-state index >= 15 is 0 Å². The maximum absolute atomic E-state index is 12.8. The van der Waals surface area contributed by atoms with E-state index < -0.39 is 0 Å². The Hall–Kier alpha value is -2.36. The fourth-order valence-electron chi connectivity index (χ4n) is 2.97. The zero-order valence-electron chi connectivity index (χ0n) is 18.3. The highest BCUT2D eigenvalue weighted by molar-refractivity contribution is 9.10. The van der Waals surface area contributed by atoms with E-state index in [4.69, 9.17) is 26.4 Å². The molecule has 1 amide bonds. The van der Waals surface area contributed by atoms with Crippen LogP contribution in [0.3, 0.4) is 0 Å². The van der Waals surface area contributed by atoms with Crippen LogP contribution < -0.4 is 9.47 Å². The second-order valence-electron chi connectivity index (χ2n) is 7.13. The number of esters is 1. The van der Waals surface area contributed by atoms with Gasteiger partial charge in [-0.2, -0.15) is 0 Å². The average Bonchev–Trinajstić information content (AvgIpc) is 3.08. The summed E-state index contributed by atoms with van der Waals surface area (Å²) in [6.07, 6.45) is 2.63. The summed E-state index contributed by atoms with van der Waals surface area (Å²) in [7, 11) is 1.57. The molecule has 0 unspecified atom stereocenters. The Morgan fingerprint density at radius 1 is 1.18 bits per heavy atom. The average molecular weight is 550 g/mol. The third-order valence-corrected chi connectivity index (χ3v) is 6.58. The number of carbonyl (C=O) groups excluding carboxylic acids is 2. The van der Waals surface area contributed by atoms with E-state index in [0.29, 0.717) is 33.9 Å². The first-order valence-electron chi connectivity index (χ1n) is 10.4. The molecule has 0 spiro atoms. The molecule has 6 nitrogen and oxygen atoms in total. The summed E-state index contributed by atoms with van der Waals surface area (Å²) in [5.41, 5.74) is 1.82. The van der Waals surface area contributed by atoms with Crippen LogP contribution in [0.15, 0.2) is 51.8 Å². The van der Waals surface area contributed by atoms with Gasteiger partial charge in [-0.15, -0.1) is 0 Å². The lowest BCUT2D eigenvalue weighted by Crippen LogP contribution is -2.30. The third-order valence-electron chi connectivity index (χ3n) is 4.67. The van der Waals surface area contributed by atoms with E-state index in [9.17, 15) is 9.59 Å². The van der Waals surface area contributed by atoms with Gasteiger partial charge in [-0.1, -0.05) is 65.0 Å². The summed E-state index contributed by atoms with van der Waals surface area (Å²) in [5.74, 6) is 0.617. The molecule has 1 saturated heterocycles. The largest absolute Gasteiger partial charge is 0.493 e. The van der Waals surface area contributed by atoms with Gasteiger partial charge in [0.15, 0.2) is 11.5 Å². The van der Waals surface area contributed by atoms with Crippen molar-refractivity contribution in [2.45, 2.75) is 26.4 Å². The molecule has 0 atom stereocenters. The Morgan fingerprint density at radius 2 is 1.94 bits per heavy atom. The van der Waals surface area contributed by atoms with Gasteiger partial charge in [0.2, 0.25) is 0 Å². The molecule has 9 heteroatoms. The molecule has 0 aromatic heterocycles. The molecule has 3 rings (SSSR count). The van der Waals surface area contributed by atoms with Crippen LogP contribution in [-0.4, -0.2) is 41.4 Å². The normalized spacial score (nSPS) is 14.6. The lowest BCUT2D eigenvalue weighted by Gasteiger charge is -2.13. The number of hydrogen-bond acceptors (Lipinski definition) is 7. The van der Waals surface area contributed by atoms with Gasteiger partial charge < -0.3 is 14.2 Å². The number of ether oxygens (including phenoxy) is 3. The quantitative estimate of drug-likeness (QED) is 0.217. The standard InChI is InChI=1S/C24H24BrNO5S2/c1-3-12-30-22(27)10-11-26-23(28)21(33-24(26)32)14-17-6-9-19(20(13-17)29-2)31-15-16-4-7-18(25)8-5-16/h4-9,13-14H,3,10-12,15H2,1-2H3/b21-14+. The minimum atomic E-state index is -0.335. The highest BCUT2D eigenvalue weighted by Gasteiger charge is 2.32. The Bertz CT molecular complexity index is 1060. The molecule has 0 radical (unpaired) electrons. The molecule has 2 aromatic carbocycles. The second-order valence-corrected chi connectivity index (χ2v) is 9.72. The van der Waals surface area contributed by atoms with Crippen LogP contribution in [0.2, 0.25) is 0 Å². The van der Waals surface area contributed by atoms with Gasteiger partial charge in [-0.25, -0.2) is 0 Å². The number of methoxy groups -OCH3 is 1. The van der Waals surface area contributed by atoms with Crippen molar-refractivity contribution in [2.75, 3.05) is 20.3 Å². The number of nitrogens with zero attached hydrogens (tertiary/aromatic N) is 1. The minimum absolute atomic E-state index is 0.109. The van der Waals surface area contributed by atoms with Crippen LogP contribution in [0.1, 0.15) is 30.9 Å². The van der Waals surface area contributed by atoms with Crippen molar-refractivity contribution >= 4 is 62.2 Å². The predicted octanol–water partition coefficient (Wildman–Crippen LogP) is 5.58. The summed E-state index contributed by atoms with van der Waals surface area (Å²) in [4.78, 5) is 26.5. The van der Waals surface area contributed by atoms with Crippen molar-refractivity contribution < 1.29 is 23.8 Å². The smallest absolute Gasteiger partial charge is 0.307 e. The zero-order valence-corrected chi connectivity index (χ0v) is 21.6. The second kappa shape index (κ2) is 12.2. The number of amides is 1. The number of benzene rings is 2. The Morgan fingerprint density at radius 3 is 2.64 bits per heavy atom. The van der Waals surface area contributed by atoms with Crippen molar-refractivity contribution in [3.8, 4) is 11.5 Å². The molecule has 0 bridgehead atoms. The highest BCUT2D eigenvalue weighted by Crippen LogP contribution is 2.35. The third kappa shape index (κ3) is 7.06. The molecule has 0 N–H and O–H groups in total. The van der Waals surface area contributed by atoms with E-state index in [1.54, 1.807) is 13.2 Å². The predicted molar refractivity (Wildman–Crippen MR) is 137 cm³/mol. The van der Waals surface area contributed by atoms with Gasteiger partial charge in [0, 0.05) is 11.0 Å². The van der Waals surface area contributed by atoms with E-state index in [-0.39, 0.29) is 24.8 Å². The van der Waals surface area contributed by atoms with Gasteiger partial charge in [0.05, 0.1) is 25.0 Å². The van der Waals surface area contributed by atoms with Gasteiger partial charge in [-0.3, -0.25) is 14.5 Å². The van der Waals surface area contributed by atoms with Crippen LogP contribution >= 0.6 is 39.9 Å². The van der Waals surface area contributed by atoms with Gasteiger partial charge in [0.1, 0.15) is 10.9 Å². The van der Waals surface area contributed by atoms with Crippen molar-refractivity contribution in [3.05, 3.63) is 63.0 Å². The molecule has 33 heavy (non-hydrogen) atoms. The maximum Gasteiger partial charge on any atom is 0.307 e. The molecule has 2 aromatic rings. The van der Waals surface area contributed by atoms with E-state index in [1.807, 2.05) is 49.4 Å². The number of hydrogen-bond donors (Lipinski definition) is 0. The van der Waals surface area contributed by atoms with Gasteiger partial charge in [0.25, 0.3) is 5.91 Å². The van der Waals surface area contributed by atoms with Crippen molar-refractivity contribution in [1.82, 2.24) is 4.90 Å². The highest BCUT2D eigenvalue weighted by atomic mass is 79.9. The van der Waals surface area contributed by atoms with Crippen LogP contribution in [0, 0.1) is 0 Å². The molecular weight excluding hydrogens is 526 g/mol. The van der Waals surface area contributed by atoms with Crippen LogP contribution in [0.25, 0.3) is 6.08 Å². The minimum Gasteiger partial charge on any atom is -0.493 e. The monoisotopic (exact) mass is 549 g/mol. The summed E-state index contributed by atoms with van der Waals surface area (Å²) in [6, 6.07) is 13.4. The summed E-state index contributed by atoms with van der Waals surface area (Å²) in [5, 5.41) is 0. The molecule has 1 aliphatic heterocycles. The molecule has 1 aliphatic rings. The van der Waals surface area contributed by atoms with E-state index in [1.165, 1.54) is 16.7 Å². The summed E-state index contributed by atoms with van der Waals surface area (Å²) < 4.78 is 17.9. The lowest BCUT2D eigenvalue weighted by atomic mass is 10.1. The maximum atomic E-state index is 12.8. The molecule has 0 saturated carbocycles. The van der Waals surface area contributed by atoms with Crippen molar-refractivity contribution in [3.63, 3.8) is 0 Å². The number of thioether (sulfide) groups is 1. The molecular formula is C24H24BrNO5S2. The summed E-state index contributed by atoms with van der Waals surface area (Å²) in [6.45, 7) is 2.91. The SMILES string of the molecule is CCCOC(=O)CCN1C(=O)/C(=C\c2ccc(OCc3ccc(Br)cc3)c(OC)c2)SC1=S. The topological polar surface area (TPSA) is 65.1 Å². The first-order valence-corrected chi connectivity index (χ1v) is 12.4. The van der Waals surface area contributed by atoms with Crippen molar-refractivity contribution in [1.29, 1.82) is 0 Å². The Balaban J connectivity index is 1.65. The van der Waals surface area contributed by atoms with Crippen LogP contribution in [-0.2, 0) is 20.9 Å². The lowest BCUT2D eigenvalue weighted by molar-refractivity contribution is -0.143. The summed E-state index contributed by atoms with van der Waals surface area (Å²) >= 11 is 9.97. The first-order chi connectivity index (χ1) is 15.9. The van der Waals surface area contributed by atoms with Crippen LogP contribution in [0.4, 0.5) is 0 Å². The van der Waals surface area contributed by atoms with E-state index in [0.717, 1.165) is 22.0 Å².